The van der Waals surface area contributed by atoms with Crippen LogP contribution in [0, 0.1) is 5.92 Å². The van der Waals surface area contributed by atoms with Gasteiger partial charge in [0.05, 0.1) is 26.8 Å². The third-order valence-corrected chi connectivity index (χ3v) is 4.10. The molecular formula is C13H19NO7. The van der Waals surface area contributed by atoms with Crippen molar-refractivity contribution < 1.29 is 33.4 Å². The minimum Gasteiger partial charge on any atom is -0.469 e. The van der Waals surface area contributed by atoms with E-state index < -0.39 is 35.8 Å². The zero-order valence-corrected chi connectivity index (χ0v) is 12.4. The lowest BCUT2D eigenvalue weighted by atomic mass is 9.91. The van der Waals surface area contributed by atoms with Crippen LogP contribution in [0.3, 0.4) is 0 Å². The van der Waals surface area contributed by atoms with Gasteiger partial charge in [0.1, 0.15) is 18.1 Å². The lowest BCUT2D eigenvalue weighted by Crippen LogP contribution is -2.44. The maximum Gasteiger partial charge on any atom is 0.338 e. The Morgan fingerprint density at radius 3 is 2.43 bits per heavy atom. The molecule has 3 heterocycles. The second-order valence-electron chi connectivity index (χ2n) is 5.83. The summed E-state index contributed by atoms with van der Waals surface area (Å²) in [5.74, 6) is -2.64. The molecule has 0 aromatic carbocycles. The quantitative estimate of drug-likeness (QED) is 0.629. The zero-order valence-electron chi connectivity index (χ0n) is 12.4. The monoisotopic (exact) mass is 301 g/mol. The molecule has 3 fully saturated rings. The van der Waals surface area contributed by atoms with Gasteiger partial charge in [0, 0.05) is 0 Å². The van der Waals surface area contributed by atoms with Crippen LogP contribution >= 0.6 is 0 Å². The molecule has 3 aliphatic heterocycles. The maximum absolute atomic E-state index is 12.1. The van der Waals surface area contributed by atoms with Gasteiger partial charge in [0.25, 0.3) is 0 Å². The predicted molar refractivity (Wildman–Crippen MR) is 66.7 cm³/mol. The first-order valence-electron chi connectivity index (χ1n) is 6.82. The Kier molecular flexibility index (Phi) is 3.44. The first-order valence-corrected chi connectivity index (χ1v) is 6.82. The van der Waals surface area contributed by atoms with E-state index in [4.69, 9.17) is 23.8 Å². The minimum absolute atomic E-state index is 0.198. The van der Waals surface area contributed by atoms with Crippen LogP contribution in [0.5, 0.6) is 0 Å². The summed E-state index contributed by atoms with van der Waals surface area (Å²) >= 11 is 0. The first-order chi connectivity index (χ1) is 9.88. The van der Waals surface area contributed by atoms with Crippen molar-refractivity contribution in [2.24, 2.45) is 5.92 Å². The van der Waals surface area contributed by atoms with Crippen LogP contribution in [-0.4, -0.2) is 67.9 Å². The van der Waals surface area contributed by atoms with Gasteiger partial charge in [-0.05, 0) is 13.8 Å². The minimum atomic E-state index is -1.01. The molecule has 0 unspecified atom stereocenters. The lowest BCUT2D eigenvalue weighted by molar-refractivity contribution is -0.209. The third-order valence-electron chi connectivity index (χ3n) is 4.10. The van der Waals surface area contributed by atoms with Gasteiger partial charge in [-0.15, -0.1) is 0 Å². The number of ether oxygens (including phenoxy) is 4. The van der Waals surface area contributed by atoms with E-state index in [-0.39, 0.29) is 12.2 Å². The summed E-state index contributed by atoms with van der Waals surface area (Å²) in [6.45, 7) is 4.06. The molecule has 0 amide bonds. The van der Waals surface area contributed by atoms with Crippen molar-refractivity contribution in [1.82, 2.24) is 5.06 Å². The van der Waals surface area contributed by atoms with E-state index in [0.29, 0.717) is 6.54 Å². The van der Waals surface area contributed by atoms with Crippen LogP contribution < -0.4 is 0 Å². The largest absolute Gasteiger partial charge is 0.469 e. The fourth-order valence-electron chi connectivity index (χ4n) is 3.35. The van der Waals surface area contributed by atoms with Gasteiger partial charge in [0.2, 0.25) is 0 Å². The van der Waals surface area contributed by atoms with Crippen molar-refractivity contribution in [2.45, 2.75) is 44.0 Å². The summed E-state index contributed by atoms with van der Waals surface area (Å²) in [6, 6.07) is -0.423. The molecule has 0 spiro atoms. The Labute approximate surface area is 122 Å². The molecule has 3 rings (SSSR count). The van der Waals surface area contributed by atoms with Crippen molar-refractivity contribution in [3.63, 3.8) is 0 Å². The molecule has 0 saturated carbocycles. The summed E-state index contributed by atoms with van der Waals surface area (Å²) in [5, 5.41) is 1.58. The molecule has 21 heavy (non-hydrogen) atoms. The number of hydrogen-bond donors (Lipinski definition) is 0. The van der Waals surface area contributed by atoms with E-state index >= 15 is 0 Å². The van der Waals surface area contributed by atoms with Crippen molar-refractivity contribution in [3.05, 3.63) is 0 Å². The Hall–Kier alpha value is -1.22. The molecule has 0 bridgehead atoms. The number of methoxy groups -OCH3 is 2. The molecule has 5 atom stereocenters. The molecular weight excluding hydrogens is 282 g/mol. The van der Waals surface area contributed by atoms with E-state index in [1.165, 1.54) is 14.2 Å². The molecule has 3 aliphatic rings. The molecule has 0 aromatic heterocycles. The van der Waals surface area contributed by atoms with Crippen LogP contribution in [0.1, 0.15) is 13.8 Å². The highest BCUT2D eigenvalue weighted by Crippen LogP contribution is 2.44. The standard InChI is InChI=1S/C13H19NO7/c1-13(2)19-6-5-14-8(9(6)20-13)7(11(15)17-3)10(21-14)12(16)18-4/h6-10H,5H2,1-4H3/t6-,7+,8-,9+,10-/m0/s1. The summed E-state index contributed by atoms with van der Waals surface area (Å²) in [5.41, 5.74) is 0. The number of hydrogen-bond acceptors (Lipinski definition) is 8. The molecule has 0 radical (unpaired) electrons. The Morgan fingerprint density at radius 1 is 1.14 bits per heavy atom. The van der Waals surface area contributed by atoms with E-state index in [1.807, 2.05) is 13.8 Å². The fourth-order valence-corrected chi connectivity index (χ4v) is 3.35. The van der Waals surface area contributed by atoms with Gasteiger partial charge in [-0.2, -0.15) is 5.06 Å². The van der Waals surface area contributed by atoms with Gasteiger partial charge >= 0.3 is 11.9 Å². The highest BCUT2D eigenvalue weighted by Gasteiger charge is 2.64. The highest BCUT2D eigenvalue weighted by atomic mass is 16.8. The molecule has 8 nitrogen and oxygen atoms in total. The zero-order chi connectivity index (χ0) is 15.4. The SMILES string of the molecule is COC(=O)[C@@H]1[C@H]2[C@@H]3OC(C)(C)O[C@H]3CN2O[C@@H]1C(=O)OC. The summed E-state index contributed by atoms with van der Waals surface area (Å²) in [6.07, 6.45) is -1.56. The number of rotatable bonds is 2. The number of carbonyl (C=O) groups is 2. The van der Waals surface area contributed by atoms with Gasteiger partial charge in [-0.1, -0.05) is 0 Å². The second kappa shape index (κ2) is 4.91. The van der Waals surface area contributed by atoms with Crippen molar-refractivity contribution in [1.29, 1.82) is 0 Å². The fraction of sp³-hybridized carbons (Fsp3) is 0.846. The van der Waals surface area contributed by atoms with Gasteiger partial charge in [-0.3, -0.25) is 9.63 Å². The van der Waals surface area contributed by atoms with Crippen LogP contribution in [0.4, 0.5) is 0 Å². The van der Waals surface area contributed by atoms with Gasteiger partial charge < -0.3 is 18.9 Å². The van der Waals surface area contributed by atoms with Crippen molar-refractivity contribution >= 4 is 11.9 Å². The number of carbonyl (C=O) groups excluding carboxylic acids is 2. The van der Waals surface area contributed by atoms with E-state index in [1.54, 1.807) is 5.06 Å². The van der Waals surface area contributed by atoms with Crippen molar-refractivity contribution in [2.75, 3.05) is 20.8 Å². The molecule has 118 valence electrons. The number of esters is 2. The Balaban J connectivity index is 1.88. The molecule has 3 saturated heterocycles. The van der Waals surface area contributed by atoms with E-state index in [0.717, 1.165) is 0 Å². The Bertz CT molecular complexity index is 465. The molecule has 0 aromatic rings. The first kappa shape index (κ1) is 14.7. The number of nitrogens with zero attached hydrogens (tertiary/aromatic N) is 1. The van der Waals surface area contributed by atoms with Crippen LogP contribution in [0.2, 0.25) is 0 Å². The highest BCUT2D eigenvalue weighted by molar-refractivity contribution is 5.85. The van der Waals surface area contributed by atoms with E-state index in [9.17, 15) is 9.59 Å². The average Bonchev–Trinajstić information content (AvgIpc) is 3.02. The molecule has 0 N–H and O–H groups in total. The van der Waals surface area contributed by atoms with Crippen LogP contribution in [0.25, 0.3) is 0 Å². The predicted octanol–water partition coefficient (Wildman–Crippen LogP) is -0.533. The van der Waals surface area contributed by atoms with Gasteiger partial charge in [0.15, 0.2) is 11.9 Å². The number of fused-ring (bicyclic) bond motifs is 3. The van der Waals surface area contributed by atoms with Crippen molar-refractivity contribution in [3.8, 4) is 0 Å². The molecule has 8 heteroatoms. The van der Waals surface area contributed by atoms with E-state index in [2.05, 4.69) is 0 Å². The Morgan fingerprint density at radius 2 is 1.81 bits per heavy atom. The summed E-state index contributed by atoms with van der Waals surface area (Å²) in [7, 11) is 2.53. The summed E-state index contributed by atoms with van der Waals surface area (Å²) in [4.78, 5) is 29.5. The molecule has 0 aliphatic carbocycles. The topological polar surface area (TPSA) is 83.5 Å². The van der Waals surface area contributed by atoms with Gasteiger partial charge in [-0.25, -0.2) is 4.79 Å². The second-order valence-corrected chi connectivity index (χ2v) is 5.83. The number of hydroxylamine groups is 2. The maximum atomic E-state index is 12.1. The average molecular weight is 301 g/mol. The third kappa shape index (κ3) is 2.22. The normalized spacial score (nSPS) is 40.7. The smallest absolute Gasteiger partial charge is 0.338 e. The van der Waals surface area contributed by atoms with Crippen LogP contribution in [0.15, 0.2) is 0 Å². The lowest BCUT2D eigenvalue weighted by Gasteiger charge is -2.24. The van der Waals surface area contributed by atoms with Crippen LogP contribution in [-0.2, 0) is 33.4 Å². The summed E-state index contributed by atoms with van der Waals surface area (Å²) < 4.78 is 21.2.